The number of aromatic nitrogens is 3. The molecule has 2 fully saturated rings. The van der Waals surface area contributed by atoms with E-state index >= 15 is 0 Å². The quantitative estimate of drug-likeness (QED) is 0.333. The predicted octanol–water partition coefficient (Wildman–Crippen LogP) is 4.22. The molecule has 3 aliphatic rings. The molecule has 1 saturated heterocycles. The number of amides is 2. The number of ether oxygens (including phenoxy) is 2. The fraction of sp³-hybridized carbons (Fsp3) is 0.500. The van der Waals surface area contributed by atoms with E-state index in [1.165, 1.54) is 24.5 Å². The van der Waals surface area contributed by atoms with Crippen LogP contribution in [0, 0.1) is 11.2 Å². The molecule has 46 heavy (non-hydrogen) atoms. The number of hydrogen-bond donors (Lipinski definition) is 1. The molecule has 1 saturated carbocycles. The summed E-state index contributed by atoms with van der Waals surface area (Å²) in [4.78, 5) is 44.5. The van der Waals surface area contributed by atoms with E-state index in [0.717, 1.165) is 62.4 Å². The first kappa shape index (κ1) is 31.7. The van der Waals surface area contributed by atoms with Crippen molar-refractivity contribution in [1.82, 2.24) is 30.1 Å². The molecule has 1 N–H and O–H groups in total. The summed E-state index contributed by atoms with van der Waals surface area (Å²) in [5, 5.41) is 2.69. The van der Waals surface area contributed by atoms with Gasteiger partial charge in [-0.1, -0.05) is 0 Å². The molecule has 1 aromatic carbocycles. The van der Waals surface area contributed by atoms with Gasteiger partial charge in [0, 0.05) is 88.1 Å². The van der Waals surface area contributed by atoms with Gasteiger partial charge in [0.15, 0.2) is 11.6 Å². The Kier molecular flexibility index (Phi) is 9.08. The number of fused-ring (bicyclic) bond motifs is 1. The lowest BCUT2D eigenvalue weighted by Crippen LogP contribution is -2.65. The van der Waals surface area contributed by atoms with E-state index in [1.807, 2.05) is 33.0 Å². The summed E-state index contributed by atoms with van der Waals surface area (Å²) in [5.74, 6) is 1.47. The van der Waals surface area contributed by atoms with E-state index in [-0.39, 0.29) is 40.7 Å². The van der Waals surface area contributed by atoms with E-state index in [2.05, 4.69) is 30.1 Å². The minimum absolute atomic E-state index is 0.0451. The molecular formula is C34H42FN7O4. The summed E-state index contributed by atoms with van der Waals surface area (Å²) >= 11 is 0. The first-order chi connectivity index (χ1) is 22.2. The fourth-order valence-corrected chi connectivity index (χ4v) is 6.89. The molecule has 1 aliphatic carbocycles. The number of anilines is 1. The lowest BCUT2D eigenvalue weighted by Gasteiger charge is -2.59. The van der Waals surface area contributed by atoms with Crippen molar-refractivity contribution >= 4 is 17.6 Å². The molecule has 0 radical (unpaired) electrons. The largest absolute Gasteiger partial charge is 0.490 e. The summed E-state index contributed by atoms with van der Waals surface area (Å²) in [6.07, 6.45) is 8.19. The molecule has 244 valence electrons. The molecule has 2 aromatic heterocycles. The van der Waals surface area contributed by atoms with E-state index in [0.29, 0.717) is 31.1 Å². The minimum atomic E-state index is -0.503. The monoisotopic (exact) mass is 631 g/mol. The number of rotatable bonds is 11. The zero-order chi connectivity index (χ0) is 32.4. The highest BCUT2D eigenvalue weighted by Crippen LogP contribution is 2.52. The van der Waals surface area contributed by atoms with Gasteiger partial charge >= 0.3 is 0 Å². The number of hydrogen-bond acceptors (Lipinski definition) is 9. The van der Waals surface area contributed by atoms with Gasteiger partial charge in [-0.25, -0.2) is 14.4 Å². The lowest BCUT2D eigenvalue weighted by molar-refractivity contribution is -0.121. The Balaban J connectivity index is 1.08. The van der Waals surface area contributed by atoms with Crippen molar-refractivity contribution < 1.29 is 23.5 Å². The highest BCUT2D eigenvalue weighted by atomic mass is 19.1. The van der Waals surface area contributed by atoms with Gasteiger partial charge in [0.1, 0.15) is 29.7 Å². The molecule has 6 rings (SSSR count). The van der Waals surface area contributed by atoms with Crippen molar-refractivity contribution in [3.05, 3.63) is 65.6 Å². The first-order valence-electron chi connectivity index (χ1n) is 16.1. The number of nitrogens with one attached hydrogen (secondary N) is 1. The van der Waals surface area contributed by atoms with Crippen LogP contribution in [0.5, 0.6) is 17.2 Å². The van der Waals surface area contributed by atoms with Crippen LogP contribution >= 0.6 is 0 Å². The number of benzene rings is 1. The van der Waals surface area contributed by atoms with E-state index in [1.54, 1.807) is 18.1 Å². The predicted molar refractivity (Wildman–Crippen MR) is 171 cm³/mol. The Bertz CT molecular complexity index is 1590. The molecule has 1 spiro atoms. The fourth-order valence-electron chi connectivity index (χ4n) is 6.89. The minimum Gasteiger partial charge on any atom is -0.490 e. The standard InChI is InChI=1S/C34H42FN7O4/c1-5-42(22(2)3)33(44)25-14-23(35)6-7-28(25)46-30-17-37-21-39-32(30)41-19-34(20-41)15-24(16-34)45-29-8-11-38-27-9-12-40(18-26(27)29)13-10-31(43)36-4/h6-8,11,14,17,21-22,24H,5,9-10,12-13,15-16,18-20H2,1-4H3,(H,36,43). The van der Waals surface area contributed by atoms with Crippen LogP contribution < -0.4 is 19.7 Å². The maximum absolute atomic E-state index is 14.3. The van der Waals surface area contributed by atoms with Crippen molar-refractivity contribution in [3.63, 3.8) is 0 Å². The van der Waals surface area contributed by atoms with Crippen LogP contribution in [0.4, 0.5) is 10.2 Å². The highest BCUT2D eigenvalue weighted by Gasteiger charge is 2.54. The van der Waals surface area contributed by atoms with Crippen LogP contribution in [0.15, 0.2) is 43.0 Å². The average molecular weight is 632 g/mol. The summed E-state index contributed by atoms with van der Waals surface area (Å²) in [6, 6.07) is 5.91. The van der Waals surface area contributed by atoms with E-state index < -0.39 is 5.82 Å². The molecule has 12 heteroatoms. The summed E-state index contributed by atoms with van der Waals surface area (Å²) in [6.45, 7) is 10.2. The second-order valence-electron chi connectivity index (χ2n) is 12.8. The van der Waals surface area contributed by atoms with Gasteiger partial charge in [-0.05, 0) is 57.9 Å². The Morgan fingerprint density at radius 1 is 1.15 bits per heavy atom. The van der Waals surface area contributed by atoms with Crippen molar-refractivity contribution in [3.8, 4) is 17.2 Å². The maximum Gasteiger partial charge on any atom is 0.257 e. The second kappa shape index (κ2) is 13.2. The van der Waals surface area contributed by atoms with Gasteiger partial charge in [0.25, 0.3) is 5.91 Å². The highest BCUT2D eigenvalue weighted by molar-refractivity contribution is 5.97. The van der Waals surface area contributed by atoms with Gasteiger partial charge in [-0.3, -0.25) is 19.5 Å². The third kappa shape index (κ3) is 6.48. The molecule has 0 unspecified atom stereocenters. The smallest absolute Gasteiger partial charge is 0.257 e. The summed E-state index contributed by atoms with van der Waals surface area (Å²) in [7, 11) is 1.66. The van der Waals surface area contributed by atoms with Gasteiger partial charge in [0.2, 0.25) is 5.91 Å². The Hall–Kier alpha value is -4.32. The van der Waals surface area contributed by atoms with E-state index in [9.17, 15) is 14.0 Å². The van der Waals surface area contributed by atoms with Crippen molar-refractivity contribution in [1.29, 1.82) is 0 Å². The Morgan fingerprint density at radius 2 is 1.96 bits per heavy atom. The van der Waals surface area contributed by atoms with Crippen molar-refractivity contribution in [2.45, 2.75) is 65.1 Å². The van der Waals surface area contributed by atoms with Crippen molar-refractivity contribution in [2.24, 2.45) is 5.41 Å². The second-order valence-corrected chi connectivity index (χ2v) is 12.8. The van der Waals surface area contributed by atoms with Gasteiger partial charge in [-0.2, -0.15) is 0 Å². The molecule has 2 amide bonds. The number of carbonyl (C=O) groups excluding carboxylic acids is 2. The zero-order valence-corrected chi connectivity index (χ0v) is 27.0. The third-order valence-corrected chi connectivity index (χ3v) is 9.33. The summed E-state index contributed by atoms with van der Waals surface area (Å²) < 4.78 is 27.0. The topological polar surface area (TPSA) is 113 Å². The summed E-state index contributed by atoms with van der Waals surface area (Å²) in [5.41, 5.74) is 2.50. The van der Waals surface area contributed by atoms with Crippen LogP contribution in [0.1, 0.15) is 61.6 Å². The van der Waals surface area contributed by atoms with Gasteiger partial charge in [0.05, 0.1) is 11.8 Å². The Morgan fingerprint density at radius 3 is 2.70 bits per heavy atom. The molecule has 0 atom stereocenters. The van der Waals surface area contributed by atoms with Crippen LogP contribution in [-0.4, -0.2) is 88.5 Å². The van der Waals surface area contributed by atoms with Crippen LogP contribution in [0.25, 0.3) is 0 Å². The van der Waals surface area contributed by atoms with Crippen LogP contribution in [-0.2, 0) is 17.8 Å². The lowest BCUT2D eigenvalue weighted by atomic mass is 9.61. The third-order valence-electron chi connectivity index (χ3n) is 9.33. The Labute approximate surface area is 269 Å². The van der Waals surface area contributed by atoms with Gasteiger partial charge < -0.3 is 24.6 Å². The van der Waals surface area contributed by atoms with Crippen LogP contribution in [0.2, 0.25) is 0 Å². The zero-order valence-electron chi connectivity index (χ0n) is 27.0. The number of carbonyl (C=O) groups is 2. The molecule has 0 bridgehead atoms. The van der Waals surface area contributed by atoms with E-state index in [4.69, 9.17) is 9.47 Å². The van der Waals surface area contributed by atoms with Gasteiger partial charge in [-0.15, -0.1) is 0 Å². The maximum atomic E-state index is 14.3. The molecule has 3 aromatic rings. The first-order valence-corrected chi connectivity index (χ1v) is 16.1. The normalized spacial score (nSPS) is 17.2. The van der Waals surface area contributed by atoms with Crippen LogP contribution in [0.3, 0.4) is 0 Å². The molecule has 2 aliphatic heterocycles. The molecule has 4 heterocycles. The number of pyridine rings is 1. The number of nitrogens with zero attached hydrogens (tertiary/aromatic N) is 6. The van der Waals surface area contributed by atoms with Crippen molar-refractivity contribution in [2.75, 3.05) is 44.7 Å². The average Bonchev–Trinajstić information content (AvgIpc) is 3.01. The SMILES string of the molecule is CCN(C(=O)c1cc(F)ccc1Oc1cncnc1N1CC2(CC(Oc3ccnc4c3CN(CCC(=O)NC)CC4)C2)C1)C(C)C. The number of halogens is 1. The molecular weight excluding hydrogens is 589 g/mol. The molecule has 11 nitrogen and oxygen atoms in total.